The molecule has 1 aliphatic heterocycles. The monoisotopic (exact) mass is 427 g/mol. The lowest BCUT2D eigenvalue weighted by Gasteiger charge is -2.21. The fraction of sp³-hybridized carbons (Fsp3) is 0.160. The smallest absolute Gasteiger partial charge is 0.251 e. The zero-order valence-electron chi connectivity index (χ0n) is 17.5. The maximum atomic E-state index is 13.2. The molecule has 1 saturated heterocycles. The number of amides is 2. The van der Waals surface area contributed by atoms with E-state index in [0.717, 1.165) is 29.9 Å². The number of hydrogen-bond donors (Lipinski definition) is 4. The molecule has 7 nitrogen and oxygen atoms in total. The summed E-state index contributed by atoms with van der Waals surface area (Å²) in [5.74, 6) is -0.161. The number of amidine groups is 1. The maximum absolute atomic E-state index is 13.2. The van der Waals surface area contributed by atoms with Crippen LogP contribution in [0, 0.1) is 5.41 Å². The highest BCUT2D eigenvalue weighted by atomic mass is 16.2. The van der Waals surface area contributed by atoms with Gasteiger partial charge in [0.25, 0.3) is 5.91 Å². The molecule has 0 radical (unpaired) electrons. The molecule has 2 amide bonds. The van der Waals surface area contributed by atoms with Crippen molar-refractivity contribution in [2.24, 2.45) is 5.73 Å². The molecule has 1 aliphatic rings. The van der Waals surface area contributed by atoms with Crippen LogP contribution in [0.5, 0.6) is 0 Å². The van der Waals surface area contributed by atoms with Crippen LogP contribution in [0.1, 0.15) is 30.0 Å². The number of benzene rings is 3. The van der Waals surface area contributed by atoms with Gasteiger partial charge in [-0.2, -0.15) is 0 Å². The molecule has 0 aromatic heterocycles. The lowest BCUT2D eigenvalue weighted by Crippen LogP contribution is -2.27. The van der Waals surface area contributed by atoms with Gasteiger partial charge in [-0.25, -0.2) is 0 Å². The van der Waals surface area contributed by atoms with E-state index in [9.17, 15) is 9.59 Å². The summed E-state index contributed by atoms with van der Waals surface area (Å²) in [6.07, 6.45) is 1.46. The first kappa shape index (κ1) is 21.1. The van der Waals surface area contributed by atoms with Gasteiger partial charge in [0.05, 0.1) is 0 Å². The summed E-state index contributed by atoms with van der Waals surface area (Å²) in [5, 5.41) is 13.8. The molecule has 0 saturated carbocycles. The predicted molar refractivity (Wildman–Crippen MR) is 127 cm³/mol. The topological polar surface area (TPSA) is 111 Å². The average molecular weight is 428 g/mol. The van der Waals surface area contributed by atoms with Gasteiger partial charge in [-0.05, 0) is 48.4 Å². The van der Waals surface area contributed by atoms with Crippen LogP contribution in [0.4, 0.5) is 17.1 Å². The van der Waals surface area contributed by atoms with Gasteiger partial charge in [-0.15, -0.1) is 0 Å². The van der Waals surface area contributed by atoms with Crippen LogP contribution < -0.4 is 21.3 Å². The Morgan fingerprint density at radius 1 is 0.969 bits per heavy atom. The number of carbonyl (C=O) groups is 2. The summed E-state index contributed by atoms with van der Waals surface area (Å²) in [5.41, 5.74) is 9.11. The number of rotatable bonds is 7. The van der Waals surface area contributed by atoms with E-state index >= 15 is 0 Å². The van der Waals surface area contributed by atoms with Crippen molar-refractivity contribution in [3.63, 3.8) is 0 Å². The molecule has 162 valence electrons. The molecule has 1 atom stereocenters. The molecule has 0 spiro atoms. The van der Waals surface area contributed by atoms with Crippen LogP contribution in [0.2, 0.25) is 0 Å². The molecule has 32 heavy (non-hydrogen) atoms. The molecule has 1 unspecified atom stereocenters. The summed E-state index contributed by atoms with van der Waals surface area (Å²) in [7, 11) is 0. The van der Waals surface area contributed by atoms with Crippen molar-refractivity contribution in [1.82, 2.24) is 0 Å². The number of carbonyl (C=O) groups excluding carboxylic acids is 2. The Bertz CT molecular complexity index is 1130. The van der Waals surface area contributed by atoms with Gasteiger partial charge in [0.1, 0.15) is 11.9 Å². The highest BCUT2D eigenvalue weighted by Crippen LogP contribution is 2.26. The number of nitrogens with two attached hydrogens (primary N) is 1. The Kier molecular flexibility index (Phi) is 6.17. The minimum Gasteiger partial charge on any atom is -0.384 e. The van der Waals surface area contributed by atoms with Crippen LogP contribution in [-0.2, 0) is 9.59 Å². The fourth-order valence-electron chi connectivity index (χ4n) is 3.75. The molecule has 7 heteroatoms. The normalized spacial score (nSPS) is 14.1. The molecular weight excluding hydrogens is 402 g/mol. The van der Waals surface area contributed by atoms with Crippen LogP contribution in [-0.4, -0.2) is 24.2 Å². The third-order valence-corrected chi connectivity index (χ3v) is 5.40. The average Bonchev–Trinajstić information content (AvgIpc) is 3.24. The van der Waals surface area contributed by atoms with E-state index in [1.807, 2.05) is 54.6 Å². The zero-order valence-corrected chi connectivity index (χ0v) is 17.5. The lowest BCUT2D eigenvalue weighted by atomic mass is 10.1. The summed E-state index contributed by atoms with van der Waals surface area (Å²) in [4.78, 5) is 27.0. The zero-order chi connectivity index (χ0) is 22.5. The van der Waals surface area contributed by atoms with E-state index in [1.54, 1.807) is 29.2 Å². The summed E-state index contributed by atoms with van der Waals surface area (Å²) in [6, 6.07) is 23.2. The van der Waals surface area contributed by atoms with E-state index in [0.29, 0.717) is 17.7 Å². The first-order valence-electron chi connectivity index (χ1n) is 10.5. The first-order chi connectivity index (χ1) is 15.5. The van der Waals surface area contributed by atoms with E-state index in [2.05, 4.69) is 10.6 Å². The number of anilines is 3. The Morgan fingerprint density at radius 3 is 2.38 bits per heavy atom. The van der Waals surface area contributed by atoms with E-state index in [-0.39, 0.29) is 17.6 Å². The van der Waals surface area contributed by atoms with Crippen molar-refractivity contribution in [2.45, 2.75) is 18.9 Å². The van der Waals surface area contributed by atoms with Crippen molar-refractivity contribution in [2.75, 3.05) is 22.1 Å². The third-order valence-electron chi connectivity index (χ3n) is 5.40. The van der Waals surface area contributed by atoms with Gasteiger partial charge in [0.15, 0.2) is 0 Å². The molecule has 5 N–H and O–H groups in total. The molecule has 1 fully saturated rings. The first-order valence-corrected chi connectivity index (χ1v) is 10.5. The molecule has 0 aliphatic carbocycles. The Labute approximate surface area is 186 Å². The van der Waals surface area contributed by atoms with E-state index in [1.165, 1.54) is 0 Å². The van der Waals surface area contributed by atoms with Crippen molar-refractivity contribution in [3.05, 3.63) is 90.0 Å². The minimum atomic E-state index is -0.642. The second kappa shape index (κ2) is 9.34. The second-order valence-corrected chi connectivity index (χ2v) is 7.67. The Morgan fingerprint density at radius 2 is 1.72 bits per heavy atom. The minimum absolute atomic E-state index is 0.0598. The van der Waals surface area contributed by atoms with Gasteiger partial charge < -0.3 is 21.3 Å². The van der Waals surface area contributed by atoms with E-state index in [4.69, 9.17) is 11.1 Å². The highest BCUT2D eigenvalue weighted by Gasteiger charge is 2.23. The van der Waals surface area contributed by atoms with Crippen LogP contribution in [0.25, 0.3) is 0 Å². The largest absolute Gasteiger partial charge is 0.384 e. The van der Waals surface area contributed by atoms with Gasteiger partial charge in [0, 0.05) is 35.6 Å². The van der Waals surface area contributed by atoms with Crippen molar-refractivity contribution >= 4 is 34.7 Å². The fourth-order valence-corrected chi connectivity index (χ4v) is 3.75. The summed E-state index contributed by atoms with van der Waals surface area (Å²) < 4.78 is 0. The maximum Gasteiger partial charge on any atom is 0.251 e. The van der Waals surface area contributed by atoms with Crippen LogP contribution in [0.3, 0.4) is 0 Å². The number of nitrogens with zero attached hydrogens (tertiary/aromatic N) is 1. The highest BCUT2D eigenvalue weighted by molar-refractivity contribution is 6.00. The Balaban J connectivity index is 1.55. The standard InChI is InChI=1S/C25H25N5O2/c26-24(27)18-8-4-9-20(16-18)29-25(32)23(17-6-2-1-3-7-17)28-19-11-13-21(14-12-19)30-15-5-10-22(30)31/h1-4,6-9,11-14,16,23,28H,5,10,15H2,(H3,26,27)(H,29,32). The molecule has 3 aromatic rings. The molecular formula is C25H25N5O2. The van der Waals surface area contributed by atoms with Crippen molar-refractivity contribution < 1.29 is 9.59 Å². The molecule has 3 aromatic carbocycles. The summed E-state index contributed by atoms with van der Waals surface area (Å²) >= 11 is 0. The summed E-state index contributed by atoms with van der Waals surface area (Å²) in [6.45, 7) is 0.736. The predicted octanol–water partition coefficient (Wildman–Crippen LogP) is 3.89. The van der Waals surface area contributed by atoms with Gasteiger partial charge in [-0.3, -0.25) is 15.0 Å². The molecule has 0 bridgehead atoms. The second-order valence-electron chi connectivity index (χ2n) is 7.67. The van der Waals surface area contributed by atoms with E-state index < -0.39 is 6.04 Å². The van der Waals surface area contributed by atoms with Crippen molar-refractivity contribution in [1.29, 1.82) is 5.41 Å². The van der Waals surface area contributed by atoms with Crippen LogP contribution >= 0.6 is 0 Å². The number of nitrogens with one attached hydrogen (secondary N) is 3. The van der Waals surface area contributed by atoms with Gasteiger partial charge >= 0.3 is 0 Å². The third kappa shape index (κ3) is 4.78. The number of hydrogen-bond acceptors (Lipinski definition) is 4. The molecule has 4 rings (SSSR count). The number of nitrogen functional groups attached to an aromatic ring is 1. The lowest BCUT2D eigenvalue weighted by molar-refractivity contribution is -0.117. The quantitative estimate of drug-likeness (QED) is 0.339. The van der Waals surface area contributed by atoms with Gasteiger partial charge in [0.2, 0.25) is 5.91 Å². The van der Waals surface area contributed by atoms with Crippen LogP contribution in [0.15, 0.2) is 78.9 Å². The molecule has 1 heterocycles. The SMILES string of the molecule is N=C(N)c1cccc(NC(=O)C(Nc2ccc(N3CCCC3=O)cc2)c2ccccc2)c1. The Hall–Kier alpha value is -4.13. The van der Waals surface area contributed by atoms with Crippen molar-refractivity contribution in [3.8, 4) is 0 Å². The van der Waals surface area contributed by atoms with Gasteiger partial charge in [-0.1, -0.05) is 42.5 Å².